The van der Waals surface area contributed by atoms with Crippen molar-refractivity contribution in [2.75, 3.05) is 11.9 Å². The van der Waals surface area contributed by atoms with Crippen LogP contribution in [-0.2, 0) is 6.42 Å². The topological polar surface area (TPSA) is 24.1 Å². The second-order valence-corrected chi connectivity index (χ2v) is 6.98. The molecule has 2 aromatic carbocycles. The fourth-order valence-electron chi connectivity index (χ4n) is 2.67. The van der Waals surface area contributed by atoms with Crippen molar-refractivity contribution in [3.05, 3.63) is 65.7 Å². The second-order valence-electron chi connectivity index (χ2n) is 6.58. The van der Waals surface area contributed by atoms with Crippen molar-refractivity contribution < 1.29 is 0 Å². The van der Waals surface area contributed by atoms with Crippen molar-refractivity contribution >= 4 is 23.0 Å². The molecule has 0 fully saturated rings. The average Bonchev–Trinajstić information content (AvgIpc) is 2.60. The van der Waals surface area contributed by atoms with Crippen molar-refractivity contribution in [3.63, 3.8) is 0 Å². The van der Waals surface area contributed by atoms with E-state index in [0.29, 0.717) is 16.9 Å². The molecule has 0 amide bonds. The summed E-state index contributed by atoms with van der Waals surface area (Å²) < 4.78 is 0. The lowest BCUT2D eigenvalue weighted by molar-refractivity contribution is 0.498. The Morgan fingerprint density at radius 2 is 1.67 bits per heavy atom. The number of hydrogen-bond acceptors (Lipinski definition) is 1. The van der Waals surface area contributed by atoms with Gasteiger partial charge in [-0.25, -0.2) is 0 Å². The monoisotopic (exact) mass is 340 g/mol. The number of thiocarbonyl (C=S) groups is 1. The molecule has 0 saturated carbocycles. The van der Waals surface area contributed by atoms with E-state index in [-0.39, 0.29) is 0 Å². The van der Waals surface area contributed by atoms with Gasteiger partial charge in [-0.05, 0) is 53.7 Å². The Balaban J connectivity index is 1.80. The standard InChI is InChI=1S/C21H28N2S/c1-4-17(14-18-8-6-5-7-9-18)15-22-21(24)23-20-12-10-19(11-13-20)16(2)3/h5-13,16-17H,4,14-15H2,1-3H3,(H2,22,23,24). The molecule has 3 heteroatoms. The number of rotatable bonds is 7. The third-order valence-corrected chi connectivity index (χ3v) is 4.58. The van der Waals surface area contributed by atoms with Gasteiger partial charge in [0.05, 0.1) is 0 Å². The fourth-order valence-corrected chi connectivity index (χ4v) is 2.87. The zero-order valence-corrected chi connectivity index (χ0v) is 15.7. The van der Waals surface area contributed by atoms with Gasteiger partial charge in [0, 0.05) is 12.2 Å². The summed E-state index contributed by atoms with van der Waals surface area (Å²) in [6.45, 7) is 7.52. The quantitative estimate of drug-likeness (QED) is 0.663. The van der Waals surface area contributed by atoms with Gasteiger partial charge >= 0.3 is 0 Å². The molecule has 0 bridgehead atoms. The molecule has 2 aromatic rings. The Kier molecular flexibility index (Phi) is 7.26. The molecule has 2 nitrogen and oxygen atoms in total. The van der Waals surface area contributed by atoms with Crippen molar-refractivity contribution in [3.8, 4) is 0 Å². The molecular weight excluding hydrogens is 312 g/mol. The van der Waals surface area contributed by atoms with Crippen LogP contribution in [0.25, 0.3) is 0 Å². The summed E-state index contributed by atoms with van der Waals surface area (Å²) in [6.07, 6.45) is 2.21. The van der Waals surface area contributed by atoms with Crippen LogP contribution in [0, 0.1) is 5.92 Å². The van der Waals surface area contributed by atoms with Crippen LogP contribution in [0.5, 0.6) is 0 Å². The Hall–Kier alpha value is -1.87. The van der Waals surface area contributed by atoms with Gasteiger partial charge in [0.1, 0.15) is 0 Å². The third-order valence-electron chi connectivity index (χ3n) is 4.33. The van der Waals surface area contributed by atoms with Gasteiger partial charge in [0.25, 0.3) is 0 Å². The zero-order chi connectivity index (χ0) is 17.4. The molecule has 0 aliphatic heterocycles. The second kappa shape index (κ2) is 9.43. The van der Waals surface area contributed by atoms with Crippen LogP contribution >= 0.6 is 12.2 Å². The highest BCUT2D eigenvalue weighted by Crippen LogP contribution is 2.17. The molecule has 2 rings (SSSR count). The summed E-state index contributed by atoms with van der Waals surface area (Å²) in [5.74, 6) is 1.13. The maximum absolute atomic E-state index is 5.43. The SMILES string of the molecule is CCC(CNC(=S)Nc1ccc(C(C)C)cc1)Cc1ccccc1. The first-order valence-electron chi connectivity index (χ1n) is 8.77. The molecule has 1 atom stereocenters. The number of benzene rings is 2. The van der Waals surface area contributed by atoms with Crippen LogP contribution in [-0.4, -0.2) is 11.7 Å². The maximum atomic E-state index is 5.43. The normalized spacial score (nSPS) is 12.0. The van der Waals surface area contributed by atoms with Gasteiger partial charge in [-0.2, -0.15) is 0 Å². The highest BCUT2D eigenvalue weighted by atomic mass is 32.1. The summed E-state index contributed by atoms with van der Waals surface area (Å²) in [7, 11) is 0. The first-order valence-corrected chi connectivity index (χ1v) is 9.18. The summed E-state index contributed by atoms with van der Waals surface area (Å²) >= 11 is 5.43. The minimum atomic E-state index is 0.549. The molecule has 0 radical (unpaired) electrons. The Labute approximate surface area is 151 Å². The van der Waals surface area contributed by atoms with Crippen molar-refractivity contribution in [2.24, 2.45) is 5.92 Å². The molecule has 0 saturated heterocycles. The first-order chi connectivity index (χ1) is 11.6. The Morgan fingerprint density at radius 3 is 2.25 bits per heavy atom. The molecule has 0 aromatic heterocycles. The lowest BCUT2D eigenvalue weighted by Crippen LogP contribution is -2.33. The van der Waals surface area contributed by atoms with E-state index in [1.54, 1.807) is 0 Å². The molecule has 0 spiro atoms. The van der Waals surface area contributed by atoms with Crippen LogP contribution in [0.2, 0.25) is 0 Å². The lowest BCUT2D eigenvalue weighted by atomic mass is 9.97. The lowest BCUT2D eigenvalue weighted by Gasteiger charge is -2.18. The predicted octanol–water partition coefficient (Wildman–Crippen LogP) is 5.37. The van der Waals surface area contributed by atoms with Crippen molar-refractivity contribution in [2.45, 2.75) is 39.5 Å². The summed E-state index contributed by atoms with van der Waals surface area (Å²) in [6, 6.07) is 19.1. The number of nitrogens with one attached hydrogen (secondary N) is 2. The smallest absolute Gasteiger partial charge is 0.170 e. The molecule has 0 aliphatic carbocycles. The van der Waals surface area contributed by atoms with E-state index >= 15 is 0 Å². The van der Waals surface area contributed by atoms with Gasteiger partial charge in [0.2, 0.25) is 0 Å². The molecule has 1 unspecified atom stereocenters. The van der Waals surface area contributed by atoms with Crippen LogP contribution in [0.1, 0.15) is 44.2 Å². The van der Waals surface area contributed by atoms with Crippen molar-refractivity contribution in [1.29, 1.82) is 0 Å². The van der Waals surface area contributed by atoms with E-state index in [0.717, 1.165) is 25.1 Å². The van der Waals surface area contributed by atoms with Crippen molar-refractivity contribution in [1.82, 2.24) is 5.32 Å². The van der Waals surface area contributed by atoms with E-state index in [1.807, 2.05) is 0 Å². The van der Waals surface area contributed by atoms with Gasteiger partial charge < -0.3 is 10.6 Å². The van der Waals surface area contributed by atoms with Crippen LogP contribution in [0.4, 0.5) is 5.69 Å². The van der Waals surface area contributed by atoms with Crippen LogP contribution < -0.4 is 10.6 Å². The van der Waals surface area contributed by atoms with E-state index in [4.69, 9.17) is 12.2 Å². The average molecular weight is 341 g/mol. The van der Waals surface area contributed by atoms with Gasteiger partial charge in [-0.15, -0.1) is 0 Å². The minimum absolute atomic E-state index is 0.549. The summed E-state index contributed by atoms with van der Waals surface area (Å²) in [5.41, 5.74) is 3.76. The van der Waals surface area contributed by atoms with Crippen LogP contribution in [0.15, 0.2) is 54.6 Å². The molecule has 0 heterocycles. The van der Waals surface area contributed by atoms with Gasteiger partial charge in [-0.3, -0.25) is 0 Å². The van der Waals surface area contributed by atoms with E-state index in [2.05, 4.69) is 86.0 Å². The maximum Gasteiger partial charge on any atom is 0.170 e. The third kappa shape index (κ3) is 5.97. The molecule has 128 valence electrons. The number of anilines is 1. The van der Waals surface area contributed by atoms with E-state index < -0.39 is 0 Å². The minimum Gasteiger partial charge on any atom is -0.362 e. The molecule has 2 N–H and O–H groups in total. The number of hydrogen-bond donors (Lipinski definition) is 2. The van der Waals surface area contributed by atoms with E-state index in [9.17, 15) is 0 Å². The van der Waals surface area contributed by atoms with Crippen LogP contribution in [0.3, 0.4) is 0 Å². The summed E-state index contributed by atoms with van der Waals surface area (Å²) in [4.78, 5) is 0. The Morgan fingerprint density at radius 1 is 1.00 bits per heavy atom. The van der Waals surface area contributed by atoms with E-state index in [1.165, 1.54) is 11.1 Å². The Bertz CT molecular complexity index is 620. The van der Waals surface area contributed by atoms with Gasteiger partial charge in [-0.1, -0.05) is 69.7 Å². The van der Waals surface area contributed by atoms with Gasteiger partial charge in [0.15, 0.2) is 5.11 Å². The fraction of sp³-hybridized carbons (Fsp3) is 0.381. The molecule has 24 heavy (non-hydrogen) atoms. The summed E-state index contributed by atoms with van der Waals surface area (Å²) in [5, 5.41) is 7.33. The first kappa shape index (κ1) is 18.5. The highest BCUT2D eigenvalue weighted by Gasteiger charge is 2.08. The molecule has 0 aliphatic rings. The predicted molar refractivity (Wildman–Crippen MR) is 109 cm³/mol. The highest BCUT2D eigenvalue weighted by molar-refractivity contribution is 7.80. The largest absolute Gasteiger partial charge is 0.362 e. The zero-order valence-electron chi connectivity index (χ0n) is 14.9. The molecular formula is C21H28N2S.